The molecule has 2 heterocycles. The highest BCUT2D eigenvalue weighted by Gasteiger charge is 2.31. The van der Waals surface area contributed by atoms with Crippen LogP contribution in [0.4, 0.5) is 24.8 Å². The molecular weight excluding hydrogens is 491 g/mol. The number of amides is 2. The summed E-state index contributed by atoms with van der Waals surface area (Å²) in [6.45, 7) is 1.61. The summed E-state index contributed by atoms with van der Waals surface area (Å²) in [4.78, 5) is 38.2. The van der Waals surface area contributed by atoms with Crippen molar-refractivity contribution in [2.75, 3.05) is 50.6 Å². The predicted molar refractivity (Wildman–Crippen MR) is 129 cm³/mol. The van der Waals surface area contributed by atoms with Gasteiger partial charge in [-0.05, 0) is 30.3 Å². The summed E-state index contributed by atoms with van der Waals surface area (Å²) in [5, 5.41) is 2.57. The molecule has 1 fully saturated rings. The summed E-state index contributed by atoms with van der Waals surface area (Å²) in [5.74, 6) is 0.0534. The Kier molecular flexibility index (Phi) is 7.46. The van der Waals surface area contributed by atoms with Crippen LogP contribution in [-0.2, 0) is 6.18 Å². The zero-order valence-corrected chi connectivity index (χ0v) is 20.1. The first-order valence-electron chi connectivity index (χ1n) is 11.3. The normalized spacial score (nSPS) is 13.8. The zero-order chi connectivity index (χ0) is 26.6. The molecular formula is C25H24F3N5O4. The van der Waals surface area contributed by atoms with Crippen molar-refractivity contribution in [2.45, 2.75) is 6.18 Å². The fourth-order valence-electron chi connectivity index (χ4n) is 3.83. The van der Waals surface area contributed by atoms with E-state index in [1.165, 1.54) is 26.4 Å². The highest BCUT2D eigenvalue weighted by atomic mass is 19.4. The molecule has 1 N–H and O–H groups in total. The van der Waals surface area contributed by atoms with Crippen LogP contribution in [0.5, 0.6) is 11.8 Å². The highest BCUT2D eigenvalue weighted by molar-refractivity contribution is 6.09. The number of nitrogens with zero attached hydrogens (tertiary/aromatic N) is 4. The summed E-state index contributed by atoms with van der Waals surface area (Å²) in [6.07, 6.45) is -4.58. The lowest BCUT2D eigenvalue weighted by Gasteiger charge is -2.35. The molecule has 37 heavy (non-hydrogen) atoms. The third kappa shape index (κ3) is 5.90. The van der Waals surface area contributed by atoms with E-state index in [-0.39, 0.29) is 22.7 Å². The number of benzene rings is 2. The van der Waals surface area contributed by atoms with Crippen molar-refractivity contribution in [1.82, 2.24) is 14.9 Å². The number of aromatic nitrogens is 2. The molecule has 0 atom stereocenters. The molecule has 194 valence electrons. The van der Waals surface area contributed by atoms with Crippen molar-refractivity contribution in [3.8, 4) is 11.8 Å². The number of halogens is 3. The lowest BCUT2D eigenvalue weighted by Crippen LogP contribution is -2.49. The SMILES string of the molecule is COc1cc(OC)nc(N2CCN(C(=O)c3ccccc3NC(=O)c3cccc(C(F)(F)F)c3)CC2)n1. The summed E-state index contributed by atoms with van der Waals surface area (Å²) < 4.78 is 49.5. The van der Waals surface area contributed by atoms with Crippen molar-refractivity contribution in [1.29, 1.82) is 0 Å². The number of carbonyl (C=O) groups excluding carboxylic acids is 2. The molecule has 0 saturated carbocycles. The monoisotopic (exact) mass is 515 g/mol. The molecule has 1 aromatic heterocycles. The Morgan fingerprint density at radius 2 is 1.54 bits per heavy atom. The van der Waals surface area contributed by atoms with Crippen LogP contribution in [0.25, 0.3) is 0 Å². The molecule has 3 aromatic rings. The van der Waals surface area contributed by atoms with Gasteiger partial charge in [0.1, 0.15) is 0 Å². The number of hydrogen-bond acceptors (Lipinski definition) is 7. The van der Waals surface area contributed by atoms with Crippen molar-refractivity contribution < 1.29 is 32.2 Å². The minimum Gasteiger partial charge on any atom is -0.481 e. The number of para-hydroxylation sites is 1. The topological polar surface area (TPSA) is 96.9 Å². The molecule has 0 unspecified atom stereocenters. The number of carbonyl (C=O) groups is 2. The van der Waals surface area contributed by atoms with E-state index in [1.807, 2.05) is 4.90 Å². The fraction of sp³-hybridized carbons (Fsp3) is 0.280. The van der Waals surface area contributed by atoms with Crippen LogP contribution in [-0.4, -0.2) is 67.1 Å². The van der Waals surface area contributed by atoms with Gasteiger partial charge >= 0.3 is 6.18 Å². The second kappa shape index (κ2) is 10.7. The van der Waals surface area contributed by atoms with Crippen LogP contribution in [0, 0.1) is 0 Å². The maximum Gasteiger partial charge on any atom is 0.416 e. The molecule has 1 saturated heterocycles. The molecule has 1 aliphatic heterocycles. The Bertz CT molecular complexity index is 1270. The van der Waals surface area contributed by atoms with Crippen LogP contribution in [0.3, 0.4) is 0 Å². The number of piperazine rings is 1. The minimum absolute atomic E-state index is 0.167. The summed E-state index contributed by atoms with van der Waals surface area (Å²) in [7, 11) is 2.98. The summed E-state index contributed by atoms with van der Waals surface area (Å²) in [5.41, 5.74) is -0.659. The smallest absolute Gasteiger partial charge is 0.416 e. The largest absolute Gasteiger partial charge is 0.481 e. The first-order valence-corrected chi connectivity index (χ1v) is 11.3. The Morgan fingerprint density at radius 1 is 0.892 bits per heavy atom. The van der Waals surface area contributed by atoms with Crippen LogP contribution in [0.15, 0.2) is 54.6 Å². The number of alkyl halides is 3. The predicted octanol–water partition coefficient (Wildman–Crippen LogP) is 3.73. The third-order valence-electron chi connectivity index (χ3n) is 5.79. The van der Waals surface area contributed by atoms with Gasteiger partial charge in [-0.2, -0.15) is 23.1 Å². The molecule has 12 heteroatoms. The average Bonchev–Trinajstić information content (AvgIpc) is 2.92. The number of nitrogens with one attached hydrogen (secondary N) is 1. The standard InChI is InChI=1S/C25H24F3N5O4/c1-36-20-15-21(37-2)31-24(30-20)33-12-10-32(11-13-33)23(35)18-8-3-4-9-19(18)29-22(34)16-6-5-7-17(14-16)25(26,27)28/h3-9,14-15H,10-13H2,1-2H3,(H,29,34). The molecule has 0 radical (unpaired) electrons. The van der Waals surface area contributed by atoms with Crippen LogP contribution in [0.2, 0.25) is 0 Å². The highest BCUT2D eigenvalue weighted by Crippen LogP contribution is 2.30. The maximum atomic E-state index is 13.3. The molecule has 0 aliphatic carbocycles. The summed E-state index contributed by atoms with van der Waals surface area (Å²) >= 11 is 0. The van der Waals surface area contributed by atoms with Gasteiger partial charge in [0, 0.05) is 31.7 Å². The van der Waals surface area contributed by atoms with E-state index in [4.69, 9.17) is 9.47 Å². The van der Waals surface area contributed by atoms with Gasteiger partial charge in [0.2, 0.25) is 17.7 Å². The van der Waals surface area contributed by atoms with E-state index < -0.39 is 17.6 Å². The van der Waals surface area contributed by atoms with Crippen molar-refractivity contribution >= 4 is 23.5 Å². The molecule has 0 bridgehead atoms. The first kappa shape index (κ1) is 25.7. The van der Waals surface area contributed by atoms with Gasteiger partial charge in [0.15, 0.2) is 0 Å². The van der Waals surface area contributed by atoms with Gasteiger partial charge in [-0.3, -0.25) is 9.59 Å². The maximum absolute atomic E-state index is 13.3. The molecule has 2 amide bonds. The van der Waals surface area contributed by atoms with E-state index in [2.05, 4.69) is 15.3 Å². The molecule has 4 rings (SSSR count). The van der Waals surface area contributed by atoms with Gasteiger partial charge < -0.3 is 24.6 Å². The van der Waals surface area contributed by atoms with Gasteiger partial charge in [0.05, 0.1) is 37.1 Å². The van der Waals surface area contributed by atoms with Crippen molar-refractivity contribution in [3.05, 3.63) is 71.3 Å². The van der Waals surface area contributed by atoms with E-state index in [1.54, 1.807) is 29.2 Å². The molecule has 0 spiro atoms. The van der Waals surface area contributed by atoms with Gasteiger partial charge in [-0.25, -0.2) is 0 Å². The Balaban J connectivity index is 1.46. The van der Waals surface area contributed by atoms with Crippen LogP contribution >= 0.6 is 0 Å². The van der Waals surface area contributed by atoms with Crippen molar-refractivity contribution in [2.24, 2.45) is 0 Å². The second-order valence-corrected chi connectivity index (χ2v) is 8.11. The Hall–Kier alpha value is -4.35. The average molecular weight is 515 g/mol. The quantitative estimate of drug-likeness (QED) is 0.535. The number of ether oxygens (including phenoxy) is 2. The van der Waals surface area contributed by atoms with E-state index in [9.17, 15) is 22.8 Å². The minimum atomic E-state index is -4.58. The lowest BCUT2D eigenvalue weighted by atomic mass is 10.1. The number of methoxy groups -OCH3 is 2. The van der Waals surface area contributed by atoms with E-state index >= 15 is 0 Å². The fourth-order valence-corrected chi connectivity index (χ4v) is 3.83. The van der Waals surface area contributed by atoms with E-state index in [0.717, 1.165) is 18.2 Å². The van der Waals surface area contributed by atoms with Crippen molar-refractivity contribution in [3.63, 3.8) is 0 Å². The van der Waals surface area contributed by atoms with Gasteiger partial charge in [-0.1, -0.05) is 18.2 Å². The van der Waals surface area contributed by atoms with Gasteiger partial charge in [-0.15, -0.1) is 0 Å². The number of anilines is 2. The van der Waals surface area contributed by atoms with Gasteiger partial charge in [0.25, 0.3) is 11.8 Å². The Labute approximate surface area is 210 Å². The third-order valence-corrected chi connectivity index (χ3v) is 5.79. The van der Waals surface area contributed by atoms with E-state index in [0.29, 0.717) is 43.9 Å². The number of rotatable bonds is 6. The first-order chi connectivity index (χ1) is 17.7. The molecule has 9 nitrogen and oxygen atoms in total. The van der Waals surface area contributed by atoms with Crippen LogP contribution < -0.4 is 19.7 Å². The summed E-state index contributed by atoms with van der Waals surface area (Å²) in [6, 6.07) is 12.0. The Morgan fingerprint density at radius 3 is 2.16 bits per heavy atom. The second-order valence-electron chi connectivity index (χ2n) is 8.11. The molecule has 2 aromatic carbocycles. The lowest BCUT2D eigenvalue weighted by molar-refractivity contribution is -0.137. The van der Waals surface area contributed by atoms with Crippen LogP contribution in [0.1, 0.15) is 26.3 Å². The number of hydrogen-bond donors (Lipinski definition) is 1. The zero-order valence-electron chi connectivity index (χ0n) is 20.1. The molecule has 1 aliphatic rings.